The Morgan fingerprint density at radius 1 is 1.09 bits per heavy atom. The van der Waals surface area contributed by atoms with Crippen molar-refractivity contribution in [1.29, 1.82) is 10.8 Å². The van der Waals surface area contributed by atoms with Gasteiger partial charge in [0.1, 0.15) is 11.3 Å². The van der Waals surface area contributed by atoms with Crippen LogP contribution in [0.5, 0.6) is 0 Å². The monoisotopic (exact) mass is 471 g/mol. The van der Waals surface area contributed by atoms with E-state index in [-0.39, 0.29) is 23.3 Å². The molecule has 4 N–H and O–H groups in total. The predicted molar refractivity (Wildman–Crippen MR) is 136 cm³/mol. The maximum atomic E-state index is 12.9. The molecule has 1 aliphatic rings. The van der Waals surface area contributed by atoms with E-state index in [9.17, 15) is 9.90 Å². The summed E-state index contributed by atoms with van der Waals surface area (Å²) in [7, 11) is 1.76. The fraction of sp³-hybridized carbons (Fsp3) is 0.321. The van der Waals surface area contributed by atoms with Crippen molar-refractivity contribution in [2.75, 3.05) is 7.05 Å². The maximum Gasteiger partial charge on any atom is 0.253 e. The Morgan fingerprint density at radius 2 is 1.77 bits per heavy atom. The lowest BCUT2D eigenvalue weighted by Crippen LogP contribution is -2.35. The van der Waals surface area contributed by atoms with Crippen LogP contribution in [-0.4, -0.2) is 45.4 Å². The van der Waals surface area contributed by atoms with Gasteiger partial charge in [-0.1, -0.05) is 48.5 Å². The lowest BCUT2D eigenvalue weighted by atomic mass is 10.0. The van der Waals surface area contributed by atoms with Crippen molar-refractivity contribution in [1.82, 2.24) is 14.8 Å². The average molecular weight is 472 g/mol. The number of nitrogens with zero attached hydrogens (tertiary/aromatic N) is 2. The number of nitrogens with one attached hydrogen (secondary N) is 3. The van der Waals surface area contributed by atoms with Gasteiger partial charge >= 0.3 is 0 Å². The van der Waals surface area contributed by atoms with Crippen molar-refractivity contribution >= 4 is 11.7 Å². The summed E-state index contributed by atoms with van der Waals surface area (Å²) in [6, 6.07) is 21.3. The molecule has 1 amide bonds. The number of aliphatic hydroxyl groups excluding tert-OH is 1. The van der Waals surface area contributed by atoms with E-state index in [0.717, 1.165) is 36.0 Å². The summed E-state index contributed by atoms with van der Waals surface area (Å²) < 4.78 is 1.49. The summed E-state index contributed by atoms with van der Waals surface area (Å²) in [4.78, 5) is 14.6. The first-order valence-electron chi connectivity index (χ1n) is 12.0. The fourth-order valence-electron chi connectivity index (χ4n) is 4.69. The molecule has 2 aromatic carbocycles. The lowest BCUT2D eigenvalue weighted by Gasteiger charge is -2.21. The third-order valence-electron chi connectivity index (χ3n) is 6.62. The van der Waals surface area contributed by atoms with Gasteiger partial charge in [0.2, 0.25) is 0 Å². The maximum absolute atomic E-state index is 12.9. The van der Waals surface area contributed by atoms with Gasteiger partial charge in [-0.2, -0.15) is 0 Å². The van der Waals surface area contributed by atoms with E-state index in [0.29, 0.717) is 18.2 Å². The first-order chi connectivity index (χ1) is 16.8. The Labute approximate surface area is 206 Å². The van der Waals surface area contributed by atoms with E-state index < -0.39 is 6.10 Å². The van der Waals surface area contributed by atoms with Gasteiger partial charge < -0.3 is 15.3 Å². The summed E-state index contributed by atoms with van der Waals surface area (Å²) in [5.74, 6) is 0.189. The first kappa shape index (κ1) is 24.6. The molecule has 7 nitrogen and oxygen atoms in total. The number of carbonyl (C=O) groups excluding carboxylic acids is 1. The van der Waals surface area contributed by atoms with Gasteiger partial charge in [0.25, 0.3) is 5.91 Å². The molecule has 7 heteroatoms. The average Bonchev–Trinajstić information content (AvgIpc) is 3.33. The van der Waals surface area contributed by atoms with E-state index >= 15 is 0 Å². The van der Waals surface area contributed by atoms with Gasteiger partial charge in [0.15, 0.2) is 0 Å². The summed E-state index contributed by atoms with van der Waals surface area (Å²) in [5.41, 5.74) is 3.82. The van der Waals surface area contributed by atoms with Crippen LogP contribution in [0.2, 0.25) is 0 Å². The number of aliphatic hydroxyl groups is 1. The van der Waals surface area contributed by atoms with Crippen molar-refractivity contribution in [3.05, 3.63) is 101 Å². The van der Waals surface area contributed by atoms with Gasteiger partial charge in [-0.25, -0.2) is 0 Å². The predicted octanol–water partition coefficient (Wildman–Crippen LogP) is 3.48. The Morgan fingerprint density at radius 3 is 2.46 bits per heavy atom. The van der Waals surface area contributed by atoms with Crippen LogP contribution in [0.3, 0.4) is 0 Å². The van der Waals surface area contributed by atoms with Crippen LogP contribution in [0.25, 0.3) is 0 Å². The van der Waals surface area contributed by atoms with Crippen LogP contribution < -0.4 is 10.8 Å². The zero-order chi connectivity index (χ0) is 24.9. The van der Waals surface area contributed by atoms with Gasteiger partial charge in [-0.3, -0.25) is 20.2 Å². The third-order valence-corrected chi connectivity index (χ3v) is 6.62. The Kier molecular flexibility index (Phi) is 7.58. The zero-order valence-corrected chi connectivity index (χ0v) is 20.2. The second-order valence-electron chi connectivity index (χ2n) is 9.34. The van der Waals surface area contributed by atoms with E-state index in [1.807, 2.05) is 60.7 Å². The number of carbonyl (C=O) groups is 1. The quantitative estimate of drug-likeness (QED) is 0.313. The van der Waals surface area contributed by atoms with E-state index in [2.05, 4.69) is 5.32 Å². The zero-order valence-electron chi connectivity index (χ0n) is 20.2. The largest absolute Gasteiger partial charge is 0.387 e. The van der Waals surface area contributed by atoms with E-state index in [1.54, 1.807) is 31.1 Å². The molecule has 35 heavy (non-hydrogen) atoms. The molecule has 0 bridgehead atoms. The molecule has 0 radical (unpaired) electrons. The molecule has 3 aromatic rings. The van der Waals surface area contributed by atoms with Crippen LogP contribution >= 0.6 is 0 Å². The highest BCUT2D eigenvalue weighted by molar-refractivity contribution is 5.94. The SMILES string of the molecule is CC(=N)n1cc(CN(C)C(=O)c2ccc(C[C@@H]3CC[C@H]([C@H](O)c4ccccc4)N3)cc2)ccc1=N. The second kappa shape index (κ2) is 10.8. The van der Waals surface area contributed by atoms with Gasteiger partial charge in [-0.05, 0) is 61.1 Å². The molecule has 4 rings (SSSR count). The van der Waals surface area contributed by atoms with Crippen LogP contribution in [-0.2, 0) is 13.0 Å². The number of pyridine rings is 1. The minimum absolute atomic E-state index is 0.0520. The van der Waals surface area contributed by atoms with Gasteiger partial charge in [0, 0.05) is 37.4 Å². The standard InChI is InChI=1S/C28H33N5O2/c1-19(29)33-18-21(10-15-26(33)30)17-32(2)28(35)23-11-8-20(9-12-23)16-24-13-14-25(31-24)27(34)22-6-4-3-5-7-22/h3-12,15,18,24-25,27,29-31,34H,13-14,16-17H2,1-2H3/t24-,25+,27+/m0/s1. The smallest absolute Gasteiger partial charge is 0.253 e. The van der Waals surface area contributed by atoms with E-state index in [1.165, 1.54) is 4.57 Å². The molecule has 1 saturated heterocycles. The molecule has 1 aliphatic heterocycles. The van der Waals surface area contributed by atoms with Crippen LogP contribution in [0.1, 0.15) is 52.9 Å². The van der Waals surface area contributed by atoms with Crippen molar-refractivity contribution in [3.8, 4) is 0 Å². The Bertz CT molecular complexity index is 1240. The van der Waals surface area contributed by atoms with Gasteiger partial charge in [-0.15, -0.1) is 0 Å². The fourth-order valence-corrected chi connectivity index (χ4v) is 4.69. The number of rotatable bonds is 7. The molecule has 2 heterocycles. The topological polar surface area (TPSA) is 105 Å². The summed E-state index contributed by atoms with van der Waals surface area (Å²) in [5, 5.41) is 30.0. The van der Waals surface area contributed by atoms with Crippen LogP contribution in [0.4, 0.5) is 0 Å². The molecule has 0 unspecified atom stereocenters. The van der Waals surface area contributed by atoms with Crippen LogP contribution in [0, 0.1) is 10.8 Å². The Balaban J connectivity index is 1.33. The minimum Gasteiger partial charge on any atom is -0.387 e. The lowest BCUT2D eigenvalue weighted by molar-refractivity contribution is 0.0785. The molecule has 0 saturated carbocycles. The number of amides is 1. The Hall–Kier alpha value is -3.55. The first-order valence-corrected chi connectivity index (χ1v) is 12.0. The molecular weight excluding hydrogens is 438 g/mol. The number of hydrogen-bond donors (Lipinski definition) is 4. The van der Waals surface area contributed by atoms with Crippen molar-refractivity contribution in [2.24, 2.45) is 0 Å². The van der Waals surface area contributed by atoms with Crippen molar-refractivity contribution in [2.45, 2.75) is 50.9 Å². The number of hydrogen-bond acceptors (Lipinski definition) is 5. The molecule has 3 atom stereocenters. The molecule has 0 spiro atoms. The van der Waals surface area contributed by atoms with Crippen LogP contribution in [0.15, 0.2) is 72.9 Å². The minimum atomic E-state index is -0.508. The molecule has 0 aliphatic carbocycles. The number of aromatic nitrogens is 1. The molecular formula is C28H33N5O2. The molecule has 1 fully saturated rings. The summed E-state index contributed by atoms with van der Waals surface area (Å²) >= 11 is 0. The second-order valence-corrected chi connectivity index (χ2v) is 9.34. The molecule has 182 valence electrons. The normalized spacial score (nSPS) is 18.3. The van der Waals surface area contributed by atoms with Crippen molar-refractivity contribution < 1.29 is 9.90 Å². The highest BCUT2D eigenvalue weighted by Gasteiger charge is 2.29. The highest BCUT2D eigenvalue weighted by atomic mass is 16.3. The van der Waals surface area contributed by atoms with E-state index in [4.69, 9.17) is 10.8 Å². The van der Waals surface area contributed by atoms with Gasteiger partial charge in [0.05, 0.1) is 6.10 Å². The number of benzene rings is 2. The highest BCUT2D eigenvalue weighted by Crippen LogP contribution is 2.26. The van der Waals surface area contributed by atoms with Crippen molar-refractivity contribution in [3.63, 3.8) is 0 Å². The summed E-state index contributed by atoms with van der Waals surface area (Å²) in [6.07, 6.45) is 4.01. The summed E-state index contributed by atoms with van der Waals surface area (Å²) in [6.45, 7) is 2.02. The third kappa shape index (κ3) is 5.93. The molecule has 1 aromatic heterocycles.